The van der Waals surface area contributed by atoms with Crippen LogP contribution in [0.4, 0.5) is 10.1 Å². The van der Waals surface area contributed by atoms with Crippen LogP contribution < -0.4 is 10.5 Å². The summed E-state index contributed by atoms with van der Waals surface area (Å²) >= 11 is 3.20. The number of nitrogens with two attached hydrogens (primary N) is 1. The minimum absolute atomic E-state index is 0.173. The van der Waals surface area contributed by atoms with Crippen molar-refractivity contribution in [3.8, 4) is 11.5 Å². The quantitative estimate of drug-likeness (QED) is 0.662. The van der Waals surface area contributed by atoms with E-state index in [4.69, 9.17) is 15.2 Å². The van der Waals surface area contributed by atoms with Crippen molar-refractivity contribution in [2.75, 3.05) is 12.3 Å². The summed E-state index contributed by atoms with van der Waals surface area (Å²) in [5.41, 5.74) is 6.33. The van der Waals surface area contributed by atoms with Gasteiger partial charge in [-0.15, -0.1) is 0 Å². The van der Waals surface area contributed by atoms with Gasteiger partial charge in [-0.25, -0.2) is 9.18 Å². The molecule has 0 aliphatic carbocycles. The molecule has 2 aromatic carbocycles. The molecule has 4 nitrogen and oxygen atoms in total. The number of esters is 1. The summed E-state index contributed by atoms with van der Waals surface area (Å²) in [7, 11) is 0. The van der Waals surface area contributed by atoms with E-state index in [-0.39, 0.29) is 23.7 Å². The average molecular weight is 354 g/mol. The van der Waals surface area contributed by atoms with Crippen LogP contribution >= 0.6 is 15.9 Å². The number of ether oxygens (including phenoxy) is 2. The number of rotatable bonds is 4. The van der Waals surface area contributed by atoms with Gasteiger partial charge >= 0.3 is 5.97 Å². The van der Waals surface area contributed by atoms with Crippen LogP contribution in [0.15, 0.2) is 40.9 Å². The van der Waals surface area contributed by atoms with E-state index >= 15 is 0 Å². The normalized spacial score (nSPS) is 10.2. The van der Waals surface area contributed by atoms with E-state index in [9.17, 15) is 9.18 Å². The molecule has 6 heteroatoms. The molecule has 0 unspecified atom stereocenters. The third kappa shape index (κ3) is 3.52. The SMILES string of the molecule is CCOC(=O)c1cccc(Oc2ccc(F)cc2Br)c1N. The van der Waals surface area contributed by atoms with Crippen molar-refractivity contribution in [2.24, 2.45) is 0 Å². The van der Waals surface area contributed by atoms with Gasteiger partial charge in [0, 0.05) is 0 Å². The summed E-state index contributed by atoms with van der Waals surface area (Å²) in [6, 6.07) is 8.82. The van der Waals surface area contributed by atoms with E-state index in [0.29, 0.717) is 16.0 Å². The Hall–Kier alpha value is -2.08. The number of hydrogen-bond donors (Lipinski definition) is 1. The molecule has 0 aliphatic rings. The van der Waals surface area contributed by atoms with Crippen molar-refractivity contribution >= 4 is 27.6 Å². The second-order valence-corrected chi connectivity index (χ2v) is 4.97. The molecule has 0 heterocycles. The van der Waals surface area contributed by atoms with Gasteiger partial charge in [0.25, 0.3) is 0 Å². The van der Waals surface area contributed by atoms with Crippen LogP contribution in [-0.2, 0) is 4.74 Å². The zero-order chi connectivity index (χ0) is 15.4. The van der Waals surface area contributed by atoms with Gasteiger partial charge in [0.15, 0.2) is 5.75 Å². The maximum absolute atomic E-state index is 13.0. The highest BCUT2D eigenvalue weighted by Gasteiger charge is 2.15. The second kappa shape index (κ2) is 6.58. The minimum atomic E-state index is -0.515. The maximum Gasteiger partial charge on any atom is 0.340 e. The van der Waals surface area contributed by atoms with Gasteiger partial charge in [0.2, 0.25) is 0 Å². The molecule has 0 spiro atoms. The first-order valence-corrected chi connectivity index (χ1v) is 7.00. The van der Waals surface area contributed by atoms with E-state index in [1.807, 2.05) is 0 Å². The molecule has 0 bridgehead atoms. The zero-order valence-corrected chi connectivity index (χ0v) is 12.8. The van der Waals surface area contributed by atoms with Crippen LogP contribution in [-0.4, -0.2) is 12.6 Å². The summed E-state index contributed by atoms with van der Waals surface area (Å²) in [5, 5.41) is 0. The number of halogens is 2. The standard InChI is InChI=1S/C15H13BrFNO3/c1-2-20-15(19)10-4-3-5-13(14(10)18)21-12-7-6-9(17)8-11(12)16/h3-8H,2,18H2,1H3. The number of para-hydroxylation sites is 1. The molecule has 110 valence electrons. The lowest BCUT2D eigenvalue weighted by molar-refractivity contribution is 0.0527. The molecule has 0 radical (unpaired) electrons. The molecule has 2 aromatic rings. The molecule has 0 atom stereocenters. The average Bonchev–Trinajstić information content (AvgIpc) is 2.44. The van der Waals surface area contributed by atoms with Crippen LogP contribution in [0, 0.1) is 5.82 Å². The van der Waals surface area contributed by atoms with Gasteiger partial charge in [-0.2, -0.15) is 0 Å². The van der Waals surface area contributed by atoms with Gasteiger partial charge in [0.05, 0.1) is 22.3 Å². The van der Waals surface area contributed by atoms with Gasteiger partial charge in [-0.05, 0) is 53.2 Å². The summed E-state index contributed by atoms with van der Waals surface area (Å²) in [5.74, 6) is -0.210. The van der Waals surface area contributed by atoms with Crippen molar-refractivity contribution in [2.45, 2.75) is 6.92 Å². The first-order valence-electron chi connectivity index (χ1n) is 6.21. The lowest BCUT2D eigenvalue weighted by Crippen LogP contribution is -2.08. The molecular weight excluding hydrogens is 341 g/mol. The molecule has 0 saturated carbocycles. The fourth-order valence-electron chi connectivity index (χ4n) is 1.70. The lowest BCUT2D eigenvalue weighted by Gasteiger charge is -2.12. The molecule has 21 heavy (non-hydrogen) atoms. The molecule has 2 rings (SSSR count). The molecule has 0 aromatic heterocycles. The topological polar surface area (TPSA) is 61.5 Å². The maximum atomic E-state index is 13.0. The van der Waals surface area contributed by atoms with E-state index < -0.39 is 5.97 Å². The largest absolute Gasteiger partial charge is 0.462 e. The predicted octanol–water partition coefficient (Wildman–Crippen LogP) is 4.14. The Kier molecular flexibility index (Phi) is 4.80. The molecule has 2 N–H and O–H groups in total. The summed E-state index contributed by atoms with van der Waals surface area (Å²) < 4.78 is 24.0. The second-order valence-electron chi connectivity index (χ2n) is 4.11. The fraction of sp³-hybridized carbons (Fsp3) is 0.133. The van der Waals surface area contributed by atoms with Crippen LogP contribution in [0.25, 0.3) is 0 Å². The van der Waals surface area contributed by atoms with Gasteiger partial charge in [-0.3, -0.25) is 0 Å². The number of anilines is 1. The predicted molar refractivity (Wildman–Crippen MR) is 81.0 cm³/mol. The molecule has 0 fully saturated rings. The van der Waals surface area contributed by atoms with Crippen LogP contribution in [0.3, 0.4) is 0 Å². The summed E-state index contributed by atoms with van der Waals surface area (Å²) in [6.07, 6.45) is 0. The van der Waals surface area contributed by atoms with E-state index in [0.717, 1.165) is 0 Å². The van der Waals surface area contributed by atoms with Crippen molar-refractivity contribution in [1.82, 2.24) is 0 Å². The summed E-state index contributed by atoms with van der Waals surface area (Å²) in [6.45, 7) is 1.97. The third-order valence-electron chi connectivity index (χ3n) is 2.68. The Morgan fingerprint density at radius 2 is 2.05 bits per heavy atom. The highest BCUT2D eigenvalue weighted by atomic mass is 79.9. The van der Waals surface area contributed by atoms with Gasteiger partial charge in [-0.1, -0.05) is 6.07 Å². The molecule has 0 aliphatic heterocycles. The Morgan fingerprint density at radius 3 is 2.71 bits per heavy atom. The van der Waals surface area contributed by atoms with Gasteiger partial charge in [0.1, 0.15) is 11.6 Å². The summed E-state index contributed by atoms with van der Waals surface area (Å²) in [4.78, 5) is 11.8. The van der Waals surface area contributed by atoms with Crippen molar-refractivity contribution in [1.29, 1.82) is 0 Å². The monoisotopic (exact) mass is 353 g/mol. The van der Waals surface area contributed by atoms with E-state index in [2.05, 4.69) is 15.9 Å². The minimum Gasteiger partial charge on any atom is -0.462 e. The fourth-order valence-corrected chi connectivity index (χ4v) is 2.13. The number of carbonyl (C=O) groups is 1. The highest BCUT2D eigenvalue weighted by molar-refractivity contribution is 9.10. The van der Waals surface area contributed by atoms with Crippen LogP contribution in [0.5, 0.6) is 11.5 Å². The van der Waals surface area contributed by atoms with Crippen molar-refractivity contribution in [3.63, 3.8) is 0 Å². The van der Waals surface area contributed by atoms with Crippen LogP contribution in [0.1, 0.15) is 17.3 Å². The first-order chi connectivity index (χ1) is 10.0. The number of hydrogen-bond acceptors (Lipinski definition) is 4. The van der Waals surface area contributed by atoms with Crippen LogP contribution in [0.2, 0.25) is 0 Å². The highest BCUT2D eigenvalue weighted by Crippen LogP contribution is 2.34. The Morgan fingerprint density at radius 1 is 1.29 bits per heavy atom. The third-order valence-corrected chi connectivity index (χ3v) is 3.30. The number of nitrogen functional groups attached to an aromatic ring is 1. The number of carbonyl (C=O) groups excluding carboxylic acids is 1. The Labute approximate surface area is 129 Å². The first kappa shape index (κ1) is 15.3. The number of benzene rings is 2. The molecule has 0 amide bonds. The zero-order valence-electron chi connectivity index (χ0n) is 11.2. The Balaban J connectivity index is 2.32. The molecule has 0 saturated heterocycles. The Bertz CT molecular complexity index is 676. The molecular formula is C15H13BrFNO3. The van der Waals surface area contributed by atoms with Crippen molar-refractivity contribution < 1.29 is 18.7 Å². The lowest BCUT2D eigenvalue weighted by atomic mass is 10.1. The smallest absolute Gasteiger partial charge is 0.340 e. The van der Waals surface area contributed by atoms with Gasteiger partial charge < -0.3 is 15.2 Å². The van der Waals surface area contributed by atoms with Crippen molar-refractivity contribution in [3.05, 3.63) is 52.3 Å². The van der Waals surface area contributed by atoms with E-state index in [1.54, 1.807) is 25.1 Å². The van der Waals surface area contributed by atoms with E-state index in [1.165, 1.54) is 18.2 Å².